The summed E-state index contributed by atoms with van der Waals surface area (Å²) in [5.74, 6) is -1.99. The fourth-order valence-electron chi connectivity index (χ4n) is 1.57. The molecule has 1 rings (SSSR count). The van der Waals surface area contributed by atoms with Crippen LogP contribution in [0, 0.1) is 0 Å². The number of aliphatic carboxylic acids is 1. The van der Waals surface area contributed by atoms with Gasteiger partial charge in [-0.05, 0) is 25.1 Å². The lowest BCUT2D eigenvalue weighted by atomic mass is 10.2. The van der Waals surface area contributed by atoms with Crippen LogP contribution < -0.4 is 4.90 Å². The Morgan fingerprint density at radius 3 is 2.50 bits per heavy atom. The molecule has 6 heteroatoms. The summed E-state index contributed by atoms with van der Waals surface area (Å²) in [5.41, 5.74) is 0.670. The molecule has 0 aliphatic heterocycles. The number of halogens is 1. The van der Waals surface area contributed by atoms with E-state index in [4.69, 9.17) is 21.8 Å². The van der Waals surface area contributed by atoms with Gasteiger partial charge in [0.15, 0.2) is 0 Å². The predicted octanol–water partition coefficient (Wildman–Crippen LogP) is 2.34. The molecule has 5 nitrogen and oxygen atoms in total. The number of nitrogens with zero attached hydrogens (tertiary/aromatic N) is 1. The molecular formula is C12H14ClNO4. The minimum Gasteiger partial charge on any atom is -0.481 e. The summed E-state index contributed by atoms with van der Waals surface area (Å²) in [6, 6.07) is 4.64. The van der Waals surface area contributed by atoms with Crippen LogP contribution in [0.2, 0.25) is 5.02 Å². The second-order valence-electron chi connectivity index (χ2n) is 3.69. The number of carboxylic acid groups (broad SMARTS) is 2. The lowest BCUT2D eigenvalue weighted by Crippen LogP contribution is -2.25. The average Bonchev–Trinajstić information content (AvgIpc) is 2.31. The van der Waals surface area contributed by atoms with Crippen molar-refractivity contribution in [3.05, 3.63) is 28.8 Å². The number of hydrogen-bond donors (Lipinski definition) is 2. The second-order valence-corrected chi connectivity index (χ2v) is 4.10. The lowest BCUT2D eigenvalue weighted by molar-refractivity contribution is -0.136. The zero-order valence-electron chi connectivity index (χ0n) is 9.89. The largest absolute Gasteiger partial charge is 0.481 e. The molecular weight excluding hydrogens is 258 g/mol. The number of aromatic carboxylic acids is 1. The van der Waals surface area contributed by atoms with E-state index in [-0.39, 0.29) is 17.0 Å². The van der Waals surface area contributed by atoms with Crippen LogP contribution in [0.3, 0.4) is 0 Å². The Hall–Kier alpha value is -1.75. The fourth-order valence-corrected chi connectivity index (χ4v) is 1.77. The number of benzene rings is 1. The molecule has 18 heavy (non-hydrogen) atoms. The summed E-state index contributed by atoms with van der Waals surface area (Å²) in [4.78, 5) is 23.3. The highest BCUT2D eigenvalue weighted by atomic mass is 35.5. The number of carboxylic acids is 2. The van der Waals surface area contributed by atoms with Crippen LogP contribution in [0.1, 0.15) is 23.7 Å². The van der Waals surface area contributed by atoms with Gasteiger partial charge in [0.05, 0.1) is 17.0 Å². The van der Waals surface area contributed by atoms with Gasteiger partial charge < -0.3 is 15.1 Å². The Labute approximate surface area is 110 Å². The van der Waals surface area contributed by atoms with Crippen LogP contribution in [-0.4, -0.2) is 35.2 Å². The van der Waals surface area contributed by atoms with Crippen LogP contribution in [-0.2, 0) is 4.79 Å². The first kappa shape index (κ1) is 14.3. The van der Waals surface area contributed by atoms with Crippen LogP contribution in [0.4, 0.5) is 5.69 Å². The van der Waals surface area contributed by atoms with E-state index in [0.29, 0.717) is 18.8 Å². The maximum Gasteiger partial charge on any atom is 0.337 e. The van der Waals surface area contributed by atoms with Crippen molar-refractivity contribution in [2.75, 3.05) is 18.0 Å². The molecule has 0 bridgehead atoms. The van der Waals surface area contributed by atoms with Gasteiger partial charge in [0.2, 0.25) is 0 Å². The van der Waals surface area contributed by atoms with Gasteiger partial charge >= 0.3 is 11.9 Å². The smallest absolute Gasteiger partial charge is 0.337 e. The SMILES string of the molecule is CCN(CCC(=O)O)c1ccc(Cl)c(C(=O)O)c1. The van der Waals surface area contributed by atoms with Crippen LogP contribution in [0.5, 0.6) is 0 Å². The fraction of sp³-hybridized carbons (Fsp3) is 0.333. The van der Waals surface area contributed by atoms with Crippen molar-refractivity contribution in [2.45, 2.75) is 13.3 Å². The van der Waals surface area contributed by atoms with Crippen molar-refractivity contribution in [3.8, 4) is 0 Å². The molecule has 1 aromatic rings. The van der Waals surface area contributed by atoms with Gasteiger partial charge in [-0.15, -0.1) is 0 Å². The maximum atomic E-state index is 11.0. The molecule has 0 atom stereocenters. The molecule has 0 radical (unpaired) electrons. The van der Waals surface area contributed by atoms with Gasteiger partial charge in [0.1, 0.15) is 0 Å². The summed E-state index contributed by atoms with van der Waals surface area (Å²) in [6.45, 7) is 2.79. The molecule has 0 fully saturated rings. The molecule has 0 heterocycles. The molecule has 0 aliphatic rings. The third-order valence-electron chi connectivity index (χ3n) is 2.52. The Balaban J connectivity index is 2.96. The van der Waals surface area contributed by atoms with Gasteiger partial charge in [-0.2, -0.15) is 0 Å². The van der Waals surface area contributed by atoms with Crippen molar-refractivity contribution in [2.24, 2.45) is 0 Å². The van der Waals surface area contributed by atoms with E-state index in [1.54, 1.807) is 11.0 Å². The van der Waals surface area contributed by atoms with E-state index in [9.17, 15) is 9.59 Å². The normalized spacial score (nSPS) is 10.1. The summed E-state index contributed by atoms with van der Waals surface area (Å²) in [5, 5.41) is 17.8. The second kappa shape index (κ2) is 6.26. The van der Waals surface area contributed by atoms with Crippen molar-refractivity contribution in [3.63, 3.8) is 0 Å². The summed E-state index contributed by atoms with van der Waals surface area (Å²) < 4.78 is 0. The third-order valence-corrected chi connectivity index (χ3v) is 2.85. The molecule has 0 aromatic heterocycles. The first-order valence-electron chi connectivity index (χ1n) is 5.45. The van der Waals surface area contributed by atoms with E-state index in [2.05, 4.69) is 0 Å². The Morgan fingerprint density at radius 1 is 1.33 bits per heavy atom. The van der Waals surface area contributed by atoms with Crippen molar-refractivity contribution in [1.82, 2.24) is 0 Å². The van der Waals surface area contributed by atoms with Gasteiger partial charge in [-0.1, -0.05) is 11.6 Å². The lowest BCUT2D eigenvalue weighted by Gasteiger charge is -2.22. The number of carbonyl (C=O) groups is 2. The first-order valence-corrected chi connectivity index (χ1v) is 5.83. The predicted molar refractivity (Wildman–Crippen MR) is 68.6 cm³/mol. The van der Waals surface area contributed by atoms with Gasteiger partial charge in [-0.25, -0.2) is 4.79 Å². The number of hydrogen-bond acceptors (Lipinski definition) is 3. The monoisotopic (exact) mass is 271 g/mol. The van der Waals surface area contributed by atoms with E-state index < -0.39 is 11.9 Å². The summed E-state index contributed by atoms with van der Waals surface area (Å²) in [7, 11) is 0. The highest BCUT2D eigenvalue weighted by molar-refractivity contribution is 6.33. The van der Waals surface area contributed by atoms with Gasteiger partial charge in [0.25, 0.3) is 0 Å². The molecule has 0 spiro atoms. The topological polar surface area (TPSA) is 77.8 Å². The van der Waals surface area contributed by atoms with Crippen molar-refractivity contribution < 1.29 is 19.8 Å². The minimum absolute atomic E-state index is 0.00112. The van der Waals surface area contributed by atoms with E-state index >= 15 is 0 Å². The van der Waals surface area contributed by atoms with Crippen LogP contribution >= 0.6 is 11.6 Å². The molecule has 0 aliphatic carbocycles. The zero-order chi connectivity index (χ0) is 13.7. The Morgan fingerprint density at radius 2 is 2.00 bits per heavy atom. The number of anilines is 1. The third kappa shape index (κ3) is 3.63. The molecule has 0 saturated carbocycles. The standard InChI is InChI=1S/C12H14ClNO4/c1-2-14(6-5-11(15)16)8-3-4-10(13)9(7-8)12(17)18/h3-4,7H,2,5-6H2,1H3,(H,15,16)(H,17,18). The molecule has 98 valence electrons. The molecule has 0 saturated heterocycles. The van der Waals surface area contributed by atoms with Crippen molar-refractivity contribution in [1.29, 1.82) is 0 Å². The zero-order valence-corrected chi connectivity index (χ0v) is 10.6. The summed E-state index contributed by atoms with van der Waals surface area (Å²) >= 11 is 5.77. The summed E-state index contributed by atoms with van der Waals surface area (Å²) in [6.07, 6.45) is -0.00112. The molecule has 1 aromatic carbocycles. The Bertz CT molecular complexity index is 461. The quantitative estimate of drug-likeness (QED) is 0.830. The molecule has 0 unspecified atom stereocenters. The van der Waals surface area contributed by atoms with Crippen molar-refractivity contribution >= 4 is 29.2 Å². The maximum absolute atomic E-state index is 11.0. The Kier molecular flexibility index (Phi) is 4.97. The van der Waals surface area contributed by atoms with E-state index in [1.165, 1.54) is 12.1 Å². The van der Waals surface area contributed by atoms with Crippen LogP contribution in [0.15, 0.2) is 18.2 Å². The highest BCUT2D eigenvalue weighted by Crippen LogP contribution is 2.23. The van der Waals surface area contributed by atoms with E-state index in [0.717, 1.165) is 0 Å². The first-order chi connectivity index (χ1) is 8.45. The highest BCUT2D eigenvalue weighted by Gasteiger charge is 2.13. The van der Waals surface area contributed by atoms with E-state index in [1.807, 2.05) is 6.92 Å². The minimum atomic E-state index is -1.10. The molecule has 0 amide bonds. The number of rotatable bonds is 6. The van der Waals surface area contributed by atoms with Crippen LogP contribution in [0.25, 0.3) is 0 Å². The molecule has 2 N–H and O–H groups in total. The van der Waals surface area contributed by atoms with Gasteiger partial charge in [-0.3, -0.25) is 4.79 Å². The van der Waals surface area contributed by atoms with Gasteiger partial charge in [0, 0.05) is 18.8 Å². The average molecular weight is 272 g/mol.